The number of hydrogen-bond acceptors (Lipinski definition) is 3. The summed E-state index contributed by atoms with van der Waals surface area (Å²) >= 11 is 0. The predicted octanol–water partition coefficient (Wildman–Crippen LogP) is 1.79. The van der Waals surface area contributed by atoms with Gasteiger partial charge in [-0.05, 0) is 52.9 Å². The van der Waals surface area contributed by atoms with Gasteiger partial charge in [0.1, 0.15) is 0 Å². The van der Waals surface area contributed by atoms with Gasteiger partial charge in [-0.25, -0.2) is 0 Å². The summed E-state index contributed by atoms with van der Waals surface area (Å²) in [6, 6.07) is 1.57. The zero-order valence-corrected chi connectivity index (χ0v) is 12.5. The summed E-state index contributed by atoms with van der Waals surface area (Å²) in [5, 5.41) is 3.54. The van der Waals surface area contributed by atoms with Crippen molar-refractivity contribution in [2.75, 3.05) is 40.8 Å². The maximum atomic E-state index is 3.54. The van der Waals surface area contributed by atoms with Gasteiger partial charge >= 0.3 is 0 Å². The van der Waals surface area contributed by atoms with Crippen molar-refractivity contribution in [3.8, 4) is 0 Å². The number of nitrogens with zero attached hydrogens (tertiary/aromatic N) is 2. The van der Waals surface area contributed by atoms with Crippen LogP contribution in [0.25, 0.3) is 0 Å². The molecular weight excluding hydrogens is 222 g/mol. The normalized spacial score (nSPS) is 31.2. The first-order valence-corrected chi connectivity index (χ1v) is 7.76. The van der Waals surface area contributed by atoms with E-state index in [4.69, 9.17) is 0 Å². The van der Waals surface area contributed by atoms with Crippen LogP contribution in [-0.2, 0) is 0 Å². The Morgan fingerprint density at radius 3 is 2.39 bits per heavy atom. The van der Waals surface area contributed by atoms with Crippen LogP contribution in [-0.4, -0.2) is 62.7 Å². The van der Waals surface area contributed by atoms with Crippen molar-refractivity contribution in [3.63, 3.8) is 0 Å². The molecule has 2 rings (SSSR count). The third-order valence-corrected chi connectivity index (χ3v) is 4.97. The Kier molecular flexibility index (Phi) is 5.46. The van der Waals surface area contributed by atoms with E-state index >= 15 is 0 Å². The predicted molar refractivity (Wildman–Crippen MR) is 78.0 cm³/mol. The molecule has 1 saturated heterocycles. The fraction of sp³-hybridized carbons (Fsp3) is 1.00. The second-order valence-corrected chi connectivity index (χ2v) is 6.52. The Hall–Kier alpha value is -0.120. The third kappa shape index (κ3) is 3.69. The molecule has 106 valence electrons. The lowest BCUT2D eigenvalue weighted by atomic mass is 9.89. The van der Waals surface area contributed by atoms with Crippen LogP contribution in [0.15, 0.2) is 0 Å². The minimum atomic E-state index is 0.713. The van der Waals surface area contributed by atoms with E-state index in [2.05, 4.69) is 36.3 Å². The first kappa shape index (κ1) is 14.3. The van der Waals surface area contributed by atoms with Crippen molar-refractivity contribution < 1.29 is 0 Å². The molecule has 0 aromatic heterocycles. The summed E-state index contributed by atoms with van der Waals surface area (Å²) in [5.74, 6) is 0.841. The van der Waals surface area contributed by atoms with E-state index in [-0.39, 0.29) is 0 Å². The molecule has 3 heteroatoms. The lowest BCUT2D eigenvalue weighted by Crippen LogP contribution is -2.52. The molecule has 0 aromatic rings. The van der Waals surface area contributed by atoms with E-state index in [1.807, 2.05) is 0 Å². The van der Waals surface area contributed by atoms with Crippen LogP contribution in [0, 0.1) is 5.92 Å². The summed E-state index contributed by atoms with van der Waals surface area (Å²) < 4.78 is 0. The maximum absolute atomic E-state index is 3.54. The second kappa shape index (κ2) is 6.88. The van der Waals surface area contributed by atoms with Crippen molar-refractivity contribution in [2.45, 2.75) is 50.6 Å². The molecule has 1 saturated carbocycles. The number of nitrogens with one attached hydrogen (secondary N) is 1. The van der Waals surface area contributed by atoms with Crippen molar-refractivity contribution in [3.05, 3.63) is 0 Å². The summed E-state index contributed by atoms with van der Waals surface area (Å²) in [4.78, 5) is 5.07. The third-order valence-electron chi connectivity index (χ3n) is 4.97. The molecule has 2 unspecified atom stereocenters. The van der Waals surface area contributed by atoms with Crippen LogP contribution in [0.3, 0.4) is 0 Å². The number of rotatable bonds is 4. The van der Waals surface area contributed by atoms with Gasteiger partial charge in [-0.3, -0.25) is 0 Å². The van der Waals surface area contributed by atoms with E-state index in [1.165, 1.54) is 51.6 Å². The van der Waals surface area contributed by atoms with Gasteiger partial charge in [-0.15, -0.1) is 0 Å². The molecule has 0 aromatic carbocycles. The van der Waals surface area contributed by atoms with E-state index in [9.17, 15) is 0 Å². The van der Waals surface area contributed by atoms with E-state index < -0.39 is 0 Å². The van der Waals surface area contributed by atoms with Crippen molar-refractivity contribution >= 4 is 0 Å². The van der Waals surface area contributed by atoms with Gasteiger partial charge in [0.05, 0.1) is 0 Å². The monoisotopic (exact) mass is 253 g/mol. The van der Waals surface area contributed by atoms with Gasteiger partial charge < -0.3 is 15.1 Å². The minimum Gasteiger partial charge on any atom is -0.315 e. The lowest BCUT2D eigenvalue weighted by molar-refractivity contribution is 0.101. The quantitative estimate of drug-likeness (QED) is 0.824. The summed E-state index contributed by atoms with van der Waals surface area (Å²) in [6.45, 7) is 3.65. The molecule has 0 amide bonds. The van der Waals surface area contributed by atoms with Crippen LogP contribution >= 0.6 is 0 Å². The molecule has 1 heterocycles. The van der Waals surface area contributed by atoms with Crippen LogP contribution in [0.1, 0.15) is 38.5 Å². The highest BCUT2D eigenvalue weighted by Crippen LogP contribution is 2.24. The smallest absolute Gasteiger partial charge is 0.0255 e. The molecule has 1 aliphatic carbocycles. The standard InChI is InChI=1S/C15H31N3/c1-17(2)15-11-16-10-9-13(15)12-18(3)14-7-5-4-6-8-14/h13-16H,4-12H2,1-3H3. The first-order valence-electron chi connectivity index (χ1n) is 7.76. The summed E-state index contributed by atoms with van der Waals surface area (Å²) in [6.07, 6.45) is 8.52. The Labute approximate surface area is 113 Å². The molecule has 18 heavy (non-hydrogen) atoms. The average Bonchev–Trinajstić information content (AvgIpc) is 2.40. The zero-order chi connectivity index (χ0) is 13.0. The summed E-state index contributed by atoms with van der Waals surface area (Å²) in [7, 11) is 6.81. The van der Waals surface area contributed by atoms with Gasteiger partial charge in [-0.2, -0.15) is 0 Å². The van der Waals surface area contributed by atoms with Crippen molar-refractivity contribution in [1.29, 1.82) is 0 Å². The summed E-state index contributed by atoms with van der Waals surface area (Å²) in [5.41, 5.74) is 0. The lowest BCUT2D eigenvalue weighted by Gasteiger charge is -2.41. The van der Waals surface area contributed by atoms with E-state index in [1.54, 1.807) is 0 Å². The Bertz CT molecular complexity index is 236. The van der Waals surface area contributed by atoms with Gasteiger partial charge in [0.25, 0.3) is 0 Å². The van der Waals surface area contributed by atoms with Crippen LogP contribution in [0.4, 0.5) is 0 Å². The topological polar surface area (TPSA) is 18.5 Å². The number of piperidine rings is 1. The Morgan fingerprint density at radius 2 is 1.72 bits per heavy atom. The first-order chi connectivity index (χ1) is 8.68. The average molecular weight is 253 g/mol. The zero-order valence-electron chi connectivity index (χ0n) is 12.5. The fourth-order valence-corrected chi connectivity index (χ4v) is 3.75. The van der Waals surface area contributed by atoms with Crippen LogP contribution < -0.4 is 5.32 Å². The molecular formula is C15H31N3. The molecule has 1 N–H and O–H groups in total. The second-order valence-electron chi connectivity index (χ2n) is 6.52. The number of likely N-dealkylation sites (N-methyl/N-ethyl adjacent to an activating group) is 1. The molecule has 1 aliphatic heterocycles. The molecule has 0 spiro atoms. The largest absolute Gasteiger partial charge is 0.315 e. The SMILES string of the molecule is CN(C)C1CNCCC1CN(C)C1CCCCC1. The highest BCUT2D eigenvalue weighted by atomic mass is 15.2. The Balaban J connectivity index is 1.85. The van der Waals surface area contributed by atoms with Gasteiger partial charge in [-0.1, -0.05) is 19.3 Å². The fourth-order valence-electron chi connectivity index (χ4n) is 3.75. The maximum Gasteiger partial charge on any atom is 0.0255 e. The van der Waals surface area contributed by atoms with Gasteiger partial charge in [0.2, 0.25) is 0 Å². The number of hydrogen-bond donors (Lipinski definition) is 1. The van der Waals surface area contributed by atoms with Crippen molar-refractivity contribution in [2.24, 2.45) is 5.92 Å². The van der Waals surface area contributed by atoms with Crippen LogP contribution in [0.5, 0.6) is 0 Å². The molecule has 2 atom stereocenters. The molecule has 2 aliphatic rings. The Morgan fingerprint density at radius 1 is 1.00 bits per heavy atom. The van der Waals surface area contributed by atoms with Crippen molar-refractivity contribution in [1.82, 2.24) is 15.1 Å². The minimum absolute atomic E-state index is 0.713. The van der Waals surface area contributed by atoms with Gasteiger partial charge in [0, 0.05) is 25.2 Å². The van der Waals surface area contributed by atoms with E-state index in [0.29, 0.717) is 6.04 Å². The molecule has 3 nitrogen and oxygen atoms in total. The molecule has 0 radical (unpaired) electrons. The molecule has 2 fully saturated rings. The van der Waals surface area contributed by atoms with Crippen LogP contribution in [0.2, 0.25) is 0 Å². The highest BCUT2D eigenvalue weighted by molar-refractivity contribution is 4.86. The molecule has 0 bridgehead atoms. The highest BCUT2D eigenvalue weighted by Gasteiger charge is 2.29. The van der Waals surface area contributed by atoms with E-state index in [0.717, 1.165) is 18.5 Å². The van der Waals surface area contributed by atoms with Gasteiger partial charge in [0.15, 0.2) is 0 Å².